The molecule has 0 aliphatic heterocycles. The van der Waals surface area contributed by atoms with Crippen LogP contribution in [-0.2, 0) is 27.4 Å². The topological polar surface area (TPSA) is 68.2 Å². The van der Waals surface area contributed by atoms with Crippen LogP contribution in [0.5, 0.6) is 0 Å². The molecule has 4 rings (SSSR count). The molecule has 5 nitrogen and oxygen atoms in total. The van der Waals surface area contributed by atoms with E-state index in [0.717, 1.165) is 30.3 Å². The average molecular weight is 494 g/mol. The SMILES string of the molecule is O=C(Cn1cc(S(=O)(=O)c2ccc(F)cc2)c2ccccc21)Nc1ccc(F)c(C(F)(F)F)c1. The number of alkyl halides is 3. The summed E-state index contributed by atoms with van der Waals surface area (Å²) in [7, 11) is -4.07. The Morgan fingerprint density at radius 1 is 0.941 bits per heavy atom. The molecule has 0 fully saturated rings. The van der Waals surface area contributed by atoms with Crippen molar-refractivity contribution in [3.8, 4) is 0 Å². The Labute approximate surface area is 190 Å². The Bertz CT molecular complexity index is 1490. The molecule has 1 heterocycles. The summed E-state index contributed by atoms with van der Waals surface area (Å²) in [6.45, 7) is -0.432. The molecule has 3 aromatic carbocycles. The lowest BCUT2D eigenvalue weighted by atomic mass is 10.2. The summed E-state index contributed by atoms with van der Waals surface area (Å²) in [5.74, 6) is -2.84. The van der Waals surface area contributed by atoms with E-state index in [1.165, 1.54) is 16.8 Å². The van der Waals surface area contributed by atoms with Gasteiger partial charge in [0, 0.05) is 22.8 Å². The van der Waals surface area contributed by atoms with Crippen LogP contribution in [0.25, 0.3) is 10.9 Å². The van der Waals surface area contributed by atoms with E-state index < -0.39 is 45.7 Å². The van der Waals surface area contributed by atoms with E-state index >= 15 is 0 Å². The first-order valence-electron chi connectivity index (χ1n) is 9.72. The van der Waals surface area contributed by atoms with Gasteiger partial charge in [0.25, 0.3) is 0 Å². The van der Waals surface area contributed by atoms with Crippen LogP contribution in [0.1, 0.15) is 5.56 Å². The van der Waals surface area contributed by atoms with E-state index in [1.54, 1.807) is 18.2 Å². The van der Waals surface area contributed by atoms with Crippen molar-refractivity contribution in [1.82, 2.24) is 4.57 Å². The van der Waals surface area contributed by atoms with Gasteiger partial charge >= 0.3 is 6.18 Å². The molecular weight excluding hydrogens is 479 g/mol. The van der Waals surface area contributed by atoms with Gasteiger partial charge in [0.15, 0.2) is 0 Å². The van der Waals surface area contributed by atoms with E-state index in [0.29, 0.717) is 23.0 Å². The van der Waals surface area contributed by atoms with Crippen molar-refractivity contribution < 1.29 is 35.2 Å². The molecule has 0 atom stereocenters. The van der Waals surface area contributed by atoms with Gasteiger partial charge in [-0.3, -0.25) is 4.79 Å². The highest BCUT2D eigenvalue weighted by Gasteiger charge is 2.34. The molecule has 0 spiro atoms. The number of amides is 1. The molecule has 1 amide bonds. The highest BCUT2D eigenvalue weighted by molar-refractivity contribution is 7.91. The van der Waals surface area contributed by atoms with E-state index in [1.807, 2.05) is 0 Å². The third kappa shape index (κ3) is 4.51. The van der Waals surface area contributed by atoms with Crippen molar-refractivity contribution in [3.05, 3.63) is 90.1 Å². The van der Waals surface area contributed by atoms with Gasteiger partial charge < -0.3 is 9.88 Å². The summed E-state index contributed by atoms with van der Waals surface area (Å²) in [4.78, 5) is 12.3. The van der Waals surface area contributed by atoms with Crippen molar-refractivity contribution in [2.24, 2.45) is 0 Å². The average Bonchev–Trinajstić information content (AvgIpc) is 3.14. The number of benzene rings is 3. The Hall–Kier alpha value is -3.73. The van der Waals surface area contributed by atoms with Crippen LogP contribution < -0.4 is 5.32 Å². The summed E-state index contributed by atoms with van der Waals surface area (Å²) in [6, 6.07) is 12.7. The van der Waals surface area contributed by atoms with Crippen LogP contribution in [0.15, 0.2) is 82.7 Å². The number of aromatic nitrogens is 1. The van der Waals surface area contributed by atoms with Gasteiger partial charge in [0.1, 0.15) is 18.2 Å². The predicted molar refractivity (Wildman–Crippen MR) is 114 cm³/mol. The maximum Gasteiger partial charge on any atom is 0.419 e. The smallest absolute Gasteiger partial charge is 0.337 e. The van der Waals surface area contributed by atoms with Gasteiger partial charge in [0.05, 0.1) is 15.4 Å². The fraction of sp³-hybridized carbons (Fsp3) is 0.0870. The lowest BCUT2D eigenvalue weighted by Gasteiger charge is -2.11. The van der Waals surface area contributed by atoms with E-state index in [9.17, 15) is 35.2 Å². The van der Waals surface area contributed by atoms with E-state index in [-0.39, 0.29) is 15.5 Å². The number of carbonyl (C=O) groups is 1. The Kier molecular flexibility index (Phi) is 5.90. The van der Waals surface area contributed by atoms with Crippen LogP contribution in [0, 0.1) is 11.6 Å². The summed E-state index contributed by atoms with van der Waals surface area (Å²) >= 11 is 0. The number of fused-ring (bicyclic) bond motifs is 1. The maximum atomic E-state index is 13.5. The number of nitrogens with zero attached hydrogens (tertiary/aromatic N) is 1. The zero-order chi connectivity index (χ0) is 24.7. The van der Waals surface area contributed by atoms with Crippen molar-refractivity contribution in [2.75, 3.05) is 5.32 Å². The standard InChI is InChI=1S/C23H15F5N2O3S/c24-14-5-8-16(9-6-14)34(32,33)21-12-30(20-4-2-1-3-17(20)21)13-22(31)29-15-7-10-19(25)18(11-15)23(26,27)28/h1-12H,13H2,(H,29,31). The minimum Gasteiger partial charge on any atom is -0.337 e. The first-order chi connectivity index (χ1) is 16.0. The molecule has 0 aliphatic rings. The minimum absolute atomic E-state index is 0.122. The van der Waals surface area contributed by atoms with Crippen molar-refractivity contribution in [2.45, 2.75) is 22.5 Å². The van der Waals surface area contributed by atoms with Gasteiger partial charge in [0.2, 0.25) is 15.7 Å². The number of halogens is 5. The molecular formula is C23H15F5N2O3S. The molecule has 0 unspecified atom stereocenters. The highest BCUT2D eigenvalue weighted by atomic mass is 32.2. The number of sulfone groups is 1. The highest BCUT2D eigenvalue weighted by Crippen LogP contribution is 2.33. The third-order valence-corrected chi connectivity index (χ3v) is 6.83. The first kappa shape index (κ1) is 23.4. The van der Waals surface area contributed by atoms with Gasteiger partial charge in [-0.1, -0.05) is 18.2 Å². The van der Waals surface area contributed by atoms with Gasteiger partial charge in [-0.25, -0.2) is 17.2 Å². The van der Waals surface area contributed by atoms with Crippen LogP contribution in [0.2, 0.25) is 0 Å². The molecule has 1 N–H and O–H groups in total. The molecule has 0 radical (unpaired) electrons. The molecule has 34 heavy (non-hydrogen) atoms. The summed E-state index contributed by atoms with van der Waals surface area (Å²) < 4.78 is 93.1. The maximum absolute atomic E-state index is 13.5. The number of nitrogens with one attached hydrogen (secondary N) is 1. The molecule has 0 bridgehead atoms. The summed E-state index contributed by atoms with van der Waals surface area (Å²) in [6.07, 6.45) is -3.71. The molecule has 0 saturated heterocycles. The zero-order valence-corrected chi connectivity index (χ0v) is 17.9. The second kappa shape index (κ2) is 8.56. The second-order valence-corrected chi connectivity index (χ2v) is 9.25. The minimum atomic E-state index is -4.94. The molecule has 1 aromatic heterocycles. The van der Waals surface area contributed by atoms with Crippen LogP contribution in [-0.4, -0.2) is 18.9 Å². The number of para-hydroxylation sites is 1. The summed E-state index contributed by atoms with van der Waals surface area (Å²) in [5.41, 5.74) is -1.41. The normalized spacial score (nSPS) is 12.1. The Morgan fingerprint density at radius 3 is 2.29 bits per heavy atom. The largest absolute Gasteiger partial charge is 0.419 e. The number of rotatable bonds is 5. The zero-order valence-electron chi connectivity index (χ0n) is 17.1. The molecule has 11 heteroatoms. The van der Waals surface area contributed by atoms with Crippen molar-refractivity contribution in [3.63, 3.8) is 0 Å². The lowest BCUT2D eigenvalue weighted by Crippen LogP contribution is -2.19. The van der Waals surface area contributed by atoms with Crippen molar-refractivity contribution >= 4 is 32.3 Å². The van der Waals surface area contributed by atoms with Crippen LogP contribution in [0.4, 0.5) is 27.6 Å². The molecule has 176 valence electrons. The third-order valence-electron chi connectivity index (χ3n) is 5.03. The molecule has 4 aromatic rings. The van der Waals surface area contributed by atoms with Crippen LogP contribution >= 0.6 is 0 Å². The molecule has 0 aliphatic carbocycles. The quantitative estimate of drug-likeness (QED) is 0.298. The van der Waals surface area contributed by atoms with Crippen LogP contribution in [0.3, 0.4) is 0 Å². The van der Waals surface area contributed by atoms with E-state index in [2.05, 4.69) is 5.32 Å². The number of carbonyl (C=O) groups excluding carboxylic acids is 1. The Morgan fingerprint density at radius 2 is 1.62 bits per heavy atom. The predicted octanol–water partition coefficient (Wildman–Crippen LogP) is 5.41. The lowest BCUT2D eigenvalue weighted by molar-refractivity contribution is -0.140. The summed E-state index contributed by atoms with van der Waals surface area (Å²) in [5, 5.41) is 2.57. The Balaban J connectivity index is 1.66. The number of hydrogen-bond acceptors (Lipinski definition) is 3. The second-order valence-electron chi connectivity index (χ2n) is 7.34. The van der Waals surface area contributed by atoms with Crippen molar-refractivity contribution in [1.29, 1.82) is 0 Å². The fourth-order valence-electron chi connectivity index (χ4n) is 3.47. The van der Waals surface area contributed by atoms with E-state index in [4.69, 9.17) is 0 Å². The van der Waals surface area contributed by atoms with Gasteiger partial charge in [-0.2, -0.15) is 13.2 Å². The fourth-order valence-corrected chi connectivity index (χ4v) is 4.95. The number of anilines is 1. The first-order valence-corrected chi connectivity index (χ1v) is 11.2. The monoisotopic (exact) mass is 494 g/mol. The van der Waals surface area contributed by atoms with Gasteiger partial charge in [-0.15, -0.1) is 0 Å². The molecule has 0 saturated carbocycles. The number of hydrogen-bond donors (Lipinski definition) is 1. The van der Waals surface area contributed by atoms with Gasteiger partial charge in [-0.05, 0) is 48.5 Å².